The molecule has 0 radical (unpaired) electrons. The van der Waals surface area contributed by atoms with E-state index in [-0.39, 0.29) is 17.5 Å². The van der Waals surface area contributed by atoms with Crippen molar-refractivity contribution in [3.05, 3.63) is 27.1 Å². The van der Waals surface area contributed by atoms with Gasteiger partial charge in [0.2, 0.25) is 5.91 Å². The van der Waals surface area contributed by atoms with E-state index in [1.54, 1.807) is 0 Å². The third-order valence-electron chi connectivity index (χ3n) is 3.76. The summed E-state index contributed by atoms with van der Waals surface area (Å²) < 4.78 is 1.53. The number of nitrogens with zero attached hydrogens (tertiary/aromatic N) is 2. The lowest BCUT2D eigenvalue weighted by molar-refractivity contribution is -0.121. The quantitative estimate of drug-likeness (QED) is 0.922. The number of rotatable bonds is 5. The van der Waals surface area contributed by atoms with Gasteiger partial charge in [0.25, 0.3) is 5.56 Å². The maximum atomic E-state index is 12.5. The highest BCUT2D eigenvalue weighted by molar-refractivity contribution is 7.18. The van der Waals surface area contributed by atoms with Gasteiger partial charge in [-0.15, -0.1) is 11.3 Å². The molecule has 0 spiro atoms. The molecule has 6 heteroatoms. The van der Waals surface area contributed by atoms with Gasteiger partial charge in [0.15, 0.2) is 0 Å². The van der Waals surface area contributed by atoms with Crippen molar-refractivity contribution in [3.8, 4) is 0 Å². The molecule has 2 heterocycles. The van der Waals surface area contributed by atoms with E-state index in [1.165, 1.54) is 22.2 Å². The first kappa shape index (κ1) is 15.7. The van der Waals surface area contributed by atoms with Gasteiger partial charge in [0, 0.05) is 23.9 Å². The minimum atomic E-state index is -0.0572. The van der Waals surface area contributed by atoms with E-state index in [0.29, 0.717) is 18.4 Å². The zero-order valence-electron chi connectivity index (χ0n) is 12.9. The summed E-state index contributed by atoms with van der Waals surface area (Å²) in [4.78, 5) is 30.5. The molecule has 0 aliphatic carbocycles. The summed E-state index contributed by atoms with van der Waals surface area (Å²) in [5.74, 6) is -0.0328. The molecule has 2 aromatic heterocycles. The second kappa shape index (κ2) is 6.39. The first-order chi connectivity index (χ1) is 9.93. The maximum absolute atomic E-state index is 12.5. The standard InChI is InChI=1S/C15H21N3O2S/c1-5-9(2)17-12(19)6-7-18-8-16-14-13(15(18)20)10(3)11(4)21-14/h8-9H,5-7H2,1-4H3,(H,17,19)/t9-/m0/s1. The van der Waals surface area contributed by atoms with E-state index < -0.39 is 0 Å². The molecule has 2 rings (SSSR count). The van der Waals surface area contributed by atoms with Crippen LogP contribution in [-0.2, 0) is 11.3 Å². The van der Waals surface area contributed by atoms with Crippen molar-refractivity contribution < 1.29 is 4.79 Å². The average molecular weight is 307 g/mol. The molecule has 114 valence electrons. The first-order valence-electron chi connectivity index (χ1n) is 7.18. The van der Waals surface area contributed by atoms with Gasteiger partial charge >= 0.3 is 0 Å². The summed E-state index contributed by atoms with van der Waals surface area (Å²) in [5.41, 5.74) is 0.934. The Morgan fingerprint density at radius 1 is 1.48 bits per heavy atom. The Morgan fingerprint density at radius 2 is 2.19 bits per heavy atom. The van der Waals surface area contributed by atoms with Gasteiger partial charge in [-0.3, -0.25) is 14.2 Å². The fraction of sp³-hybridized carbons (Fsp3) is 0.533. The lowest BCUT2D eigenvalue weighted by Crippen LogP contribution is -2.33. The lowest BCUT2D eigenvalue weighted by Gasteiger charge is -2.11. The summed E-state index contributed by atoms with van der Waals surface area (Å²) >= 11 is 1.53. The molecule has 5 nitrogen and oxygen atoms in total. The SMILES string of the molecule is CC[C@H](C)NC(=O)CCn1cnc2sc(C)c(C)c2c1=O. The van der Waals surface area contributed by atoms with Crippen LogP contribution in [0.5, 0.6) is 0 Å². The number of carbonyl (C=O) groups excluding carboxylic acids is 1. The van der Waals surface area contributed by atoms with Gasteiger partial charge in [0.1, 0.15) is 4.83 Å². The van der Waals surface area contributed by atoms with Gasteiger partial charge in [-0.2, -0.15) is 0 Å². The summed E-state index contributed by atoms with van der Waals surface area (Å²) in [5, 5.41) is 3.58. The van der Waals surface area contributed by atoms with Crippen LogP contribution in [-0.4, -0.2) is 21.5 Å². The normalized spacial score (nSPS) is 12.6. The number of carbonyl (C=O) groups is 1. The molecule has 0 saturated heterocycles. The van der Waals surface area contributed by atoms with Crippen molar-refractivity contribution in [1.29, 1.82) is 0 Å². The summed E-state index contributed by atoms with van der Waals surface area (Å²) in [6, 6.07) is 0.164. The number of hydrogen-bond donors (Lipinski definition) is 1. The van der Waals surface area contributed by atoms with Crippen LogP contribution in [0.1, 0.15) is 37.1 Å². The Morgan fingerprint density at radius 3 is 2.86 bits per heavy atom. The van der Waals surface area contributed by atoms with E-state index in [4.69, 9.17) is 0 Å². The number of aryl methyl sites for hydroxylation is 3. The molecular weight excluding hydrogens is 286 g/mol. The molecule has 0 bridgehead atoms. The second-order valence-electron chi connectivity index (χ2n) is 5.33. The highest BCUT2D eigenvalue weighted by Crippen LogP contribution is 2.25. The molecule has 0 saturated carbocycles. The molecule has 2 aromatic rings. The van der Waals surface area contributed by atoms with Crippen LogP contribution in [0.3, 0.4) is 0 Å². The Labute approximate surface area is 128 Å². The maximum Gasteiger partial charge on any atom is 0.262 e. The summed E-state index contributed by atoms with van der Waals surface area (Å²) in [6.07, 6.45) is 2.72. The van der Waals surface area contributed by atoms with E-state index in [2.05, 4.69) is 10.3 Å². The molecule has 0 aromatic carbocycles. The number of fused-ring (bicyclic) bond motifs is 1. The topological polar surface area (TPSA) is 64.0 Å². The smallest absolute Gasteiger partial charge is 0.262 e. The third kappa shape index (κ3) is 3.32. The first-order valence-corrected chi connectivity index (χ1v) is 8.00. The predicted molar refractivity (Wildman–Crippen MR) is 85.9 cm³/mol. The monoisotopic (exact) mass is 307 g/mol. The predicted octanol–water partition coefficient (Wildman–Crippen LogP) is 2.38. The van der Waals surface area contributed by atoms with E-state index in [0.717, 1.165) is 21.7 Å². The molecule has 21 heavy (non-hydrogen) atoms. The van der Waals surface area contributed by atoms with Gasteiger partial charge in [0.05, 0.1) is 11.7 Å². The van der Waals surface area contributed by atoms with E-state index in [1.807, 2.05) is 27.7 Å². The molecule has 1 atom stereocenters. The highest BCUT2D eigenvalue weighted by Gasteiger charge is 2.13. The zero-order valence-corrected chi connectivity index (χ0v) is 13.7. The molecule has 1 amide bonds. The molecule has 0 aliphatic rings. The zero-order chi connectivity index (χ0) is 15.6. The van der Waals surface area contributed by atoms with Gasteiger partial charge < -0.3 is 5.32 Å². The van der Waals surface area contributed by atoms with Crippen molar-refractivity contribution in [2.75, 3.05) is 0 Å². The minimum absolute atomic E-state index is 0.0328. The van der Waals surface area contributed by atoms with Crippen LogP contribution in [0.4, 0.5) is 0 Å². The summed E-state index contributed by atoms with van der Waals surface area (Å²) in [7, 11) is 0. The minimum Gasteiger partial charge on any atom is -0.354 e. The Kier molecular flexibility index (Phi) is 4.77. The highest BCUT2D eigenvalue weighted by atomic mass is 32.1. The number of amides is 1. The van der Waals surface area contributed by atoms with Crippen molar-refractivity contribution in [1.82, 2.24) is 14.9 Å². The number of aromatic nitrogens is 2. The van der Waals surface area contributed by atoms with Gasteiger partial charge in [-0.05, 0) is 32.8 Å². The van der Waals surface area contributed by atoms with E-state index >= 15 is 0 Å². The van der Waals surface area contributed by atoms with Crippen molar-refractivity contribution >= 4 is 27.5 Å². The van der Waals surface area contributed by atoms with Gasteiger partial charge in [-0.1, -0.05) is 6.92 Å². The average Bonchev–Trinajstić information content (AvgIpc) is 2.74. The Balaban J connectivity index is 2.16. The lowest BCUT2D eigenvalue weighted by atomic mass is 10.2. The number of hydrogen-bond acceptors (Lipinski definition) is 4. The number of thiophene rings is 1. The fourth-order valence-corrected chi connectivity index (χ4v) is 3.09. The van der Waals surface area contributed by atoms with Crippen LogP contribution in [0.2, 0.25) is 0 Å². The van der Waals surface area contributed by atoms with Crippen molar-refractivity contribution in [2.45, 2.75) is 53.1 Å². The van der Waals surface area contributed by atoms with Crippen LogP contribution in [0.25, 0.3) is 10.2 Å². The van der Waals surface area contributed by atoms with E-state index in [9.17, 15) is 9.59 Å². The fourth-order valence-electron chi connectivity index (χ4n) is 2.10. The Hall–Kier alpha value is -1.69. The molecular formula is C15H21N3O2S. The molecule has 0 unspecified atom stereocenters. The molecule has 1 N–H and O–H groups in total. The van der Waals surface area contributed by atoms with Crippen LogP contribution in [0, 0.1) is 13.8 Å². The third-order valence-corrected chi connectivity index (χ3v) is 4.87. The summed E-state index contributed by atoms with van der Waals surface area (Å²) in [6.45, 7) is 8.28. The Bertz CT molecular complexity index is 718. The molecule has 0 fully saturated rings. The van der Waals surface area contributed by atoms with Crippen molar-refractivity contribution in [3.63, 3.8) is 0 Å². The van der Waals surface area contributed by atoms with Crippen LogP contribution in [0.15, 0.2) is 11.1 Å². The van der Waals surface area contributed by atoms with Crippen molar-refractivity contribution in [2.24, 2.45) is 0 Å². The molecule has 0 aliphatic heterocycles. The van der Waals surface area contributed by atoms with Crippen LogP contribution >= 0.6 is 11.3 Å². The van der Waals surface area contributed by atoms with Crippen LogP contribution < -0.4 is 10.9 Å². The number of nitrogens with one attached hydrogen (secondary N) is 1. The second-order valence-corrected chi connectivity index (χ2v) is 6.54. The van der Waals surface area contributed by atoms with Gasteiger partial charge in [-0.25, -0.2) is 4.98 Å². The largest absolute Gasteiger partial charge is 0.354 e.